The van der Waals surface area contributed by atoms with Crippen molar-refractivity contribution in [1.82, 2.24) is 0 Å². The van der Waals surface area contributed by atoms with Crippen molar-refractivity contribution < 1.29 is 35.5 Å². The fraction of sp³-hybridized carbons (Fsp3) is 0.462. The van der Waals surface area contributed by atoms with Crippen molar-refractivity contribution in [1.29, 1.82) is 0 Å². The molecule has 8 heteroatoms. The number of carbonyl (C=O) groups excluding carboxylic acids is 1. The normalized spacial score (nSPS) is 20.3. The third kappa shape index (κ3) is 2.30. The summed E-state index contributed by atoms with van der Waals surface area (Å²) in [4.78, 5) is 11.9. The summed E-state index contributed by atoms with van der Waals surface area (Å²) in [5, 5.41) is 0. The first kappa shape index (κ1) is 15.8. The minimum Gasteiger partial charge on any atom is -0.294 e. The second-order valence-corrected chi connectivity index (χ2v) is 4.82. The van der Waals surface area contributed by atoms with Gasteiger partial charge in [0.25, 0.3) is 0 Å². The van der Waals surface area contributed by atoms with Gasteiger partial charge in [-0.15, -0.1) is 0 Å². The number of fused-ring (bicyclic) bond motifs is 1. The Hall–Kier alpha value is -1.60. The van der Waals surface area contributed by atoms with Gasteiger partial charge in [-0.1, -0.05) is 24.3 Å². The highest BCUT2D eigenvalue weighted by molar-refractivity contribution is 6.01. The lowest BCUT2D eigenvalue weighted by molar-refractivity contribution is -0.353. The van der Waals surface area contributed by atoms with E-state index in [9.17, 15) is 35.5 Å². The Labute approximate surface area is 114 Å². The molecule has 116 valence electrons. The first-order valence-corrected chi connectivity index (χ1v) is 5.94. The van der Waals surface area contributed by atoms with Crippen LogP contribution < -0.4 is 0 Å². The fourth-order valence-electron chi connectivity index (χ4n) is 2.53. The number of benzene rings is 1. The van der Waals surface area contributed by atoms with Gasteiger partial charge in [-0.3, -0.25) is 4.79 Å². The van der Waals surface area contributed by atoms with Crippen LogP contribution in [0.25, 0.3) is 0 Å². The van der Waals surface area contributed by atoms with Crippen LogP contribution in [0.5, 0.6) is 0 Å². The number of Topliss-reactive ketones (excluding diaryl/α,β-unsaturated/α-hetero) is 1. The van der Waals surface area contributed by atoms with Gasteiger partial charge in [-0.2, -0.15) is 26.3 Å². The van der Waals surface area contributed by atoms with Gasteiger partial charge in [-0.05, 0) is 18.4 Å². The van der Waals surface area contributed by atoms with Crippen LogP contribution in [0.3, 0.4) is 0 Å². The third-order valence-electron chi connectivity index (χ3n) is 3.61. The number of aryl methyl sites for hydroxylation is 1. The number of hydrogen-bond acceptors (Lipinski definition) is 1. The number of halogens is 7. The Morgan fingerprint density at radius 3 is 1.95 bits per heavy atom. The summed E-state index contributed by atoms with van der Waals surface area (Å²) in [6.07, 6.45) is -13.5. The molecule has 0 saturated carbocycles. The van der Waals surface area contributed by atoms with E-state index in [1.54, 1.807) is 0 Å². The number of ketones is 1. The predicted molar refractivity (Wildman–Crippen MR) is 58.5 cm³/mol. The van der Waals surface area contributed by atoms with E-state index in [1.165, 1.54) is 18.2 Å². The summed E-state index contributed by atoms with van der Waals surface area (Å²) in [6, 6.07) is 5.34. The van der Waals surface area contributed by atoms with E-state index in [2.05, 4.69) is 0 Å². The Morgan fingerprint density at radius 2 is 1.43 bits per heavy atom. The van der Waals surface area contributed by atoms with Gasteiger partial charge < -0.3 is 0 Å². The molecule has 0 aliphatic heterocycles. The summed E-state index contributed by atoms with van der Waals surface area (Å²) in [6.45, 7) is 0. The molecule has 0 radical (unpaired) electrons. The average Bonchev–Trinajstić information content (AvgIpc) is 2.36. The van der Waals surface area contributed by atoms with E-state index in [1.807, 2.05) is 0 Å². The Balaban J connectivity index is 2.53. The Bertz CT molecular complexity index is 544. The number of alkyl halides is 7. The molecule has 0 spiro atoms. The van der Waals surface area contributed by atoms with Crippen molar-refractivity contribution in [2.75, 3.05) is 0 Å². The second kappa shape index (κ2) is 4.71. The van der Waals surface area contributed by atoms with Crippen molar-refractivity contribution in [2.24, 2.45) is 5.92 Å². The van der Waals surface area contributed by atoms with E-state index in [-0.39, 0.29) is 12.0 Å². The molecular formula is C13H9F7O. The van der Waals surface area contributed by atoms with Gasteiger partial charge in [0, 0.05) is 5.56 Å². The lowest BCUT2D eigenvalue weighted by Gasteiger charge is -2.37. The third-order valence-corrected chi connectivity index (χ3v) is 3.61. The molecule has 1 atom stereocenters. The molecule has 1 unspecified atom stereocenters. The zero-order valence-electron chi connectivity index (χ0n) is 10.4. The van der Waals surface area contributed by atoms with Crippen LogP contribution in [0.2, 0.25) is 0 Å². The summed E-state index contributed by atoms with van der Waals surface area (Å²) in [5.74, 6) is -4.28. The molecule has 0 amide bonds. The van der Waals surface area contributed by atoms with E-state index >= 15 is 0 Å². The lowest BCUT2D eigenvalue weighted by Crippen LogP contribution is -2.60. The van der Waals surface area contributed by atoms with Gasteiger partial charge in [0.05, 0.1) is 5.92 Å². The van der Waals surface area contributed by atoms with Crippen LogP contribution >= 0.6 is 0 Å². The molecule has 0 aromatic heterocycles. The van der Waals surface area contributed by atoms with Gasteiger partial charge >= 0.3 is 18.0 Å². The maximum absolute atomic E-state index is 14.0. The van der Waals surface area contributed by atoms with Crippen molar-refractivity contribution in [2.45, 2.75) is 30.9 Å². The highest BCUT2D eigenvalue weighted by atomic mass is 19.4. The standard InChI is InChI=1S/C13H9F7O/c14-11(12(15,16)17,13(18,19)20)9-6-5-7-3-1-2-4-8(7)10(9)21/h1-4,9H,5-6H2. The minimum atomic E-state index is -6.21. The molecule has 0 fully saturated rings. The topological polar surface area (TPSA) is 17.1 Å². The average molecular weight is 314 g/mol. The van der Waals surface area contributed by atoms with E-state index in [0.29, 0.717) is 5.56 Å². The molecule has 1 aromatic carbocycles. The molecule has 1 nitrogen and oxygen atoms in total. The monoisotopic (exact) mass is 314 g/mol. The number of rotatable bonds is 1. The van der Waals surface area contributed by atoms with Crippen LogP contribution in [0.1, 0.15) is 22.3 Å². The molecule has 0 bridgehead atoms. The molecule has 1 aromatic rings. The Morgan fingerprint density at radius 1 is 0.905 bits per heavy atom. The minimum absolute atomic E-state index is 0.218. The van der Waals surface area contributed by atoms with E-state index < -0.39 is 36.1 Å². The zero-order valence-corrected chi connectivity index (χ0v) is 10.4. The fourth-order valence-corrected chi connectivity index (χ4v) is 2.53. The molecule has 1 aliphatic rings. The number of hydrogen-bond donors (Lipinski definition) is 0. The highest BCUT2D eigenvalue weighted by Crippen LogP contribution is 2.53. The van der Waals surface area contributed by atoms with Crippen molar-refractivity contribution in [3.05, 3.63) is 35.4 Å². The number of carbonyl (C=O) groups is 1. The maximum Gasteiger partial charge on any atom is 0.432 e. The summed E-state index contributed by atoms with van der Waals surface area (Å²) >= 11 is 0. The maximum atomic E-state index is 14.0. The van der Waals surface area contributed by atoms with E-state index in [0.717, 1.165) is 6.07 Å². The predicted octanol–water partition coefficient (Wildman–Crippen LogP) is 4.26. The smallest absolute Gasteiger partial charge is 0.294 e. The summed E-state index contributed by atoms with van der Waals surface area (Å²) in [7, 11) is 0. The summed E-state index contributed by atoms with van der Waals surface area (Å²) < 4.78 is 90.1. The summed E-state index contributed by atoms with van der Waals surface area (Å²) in [5.41, 5.74) is -5.50. The molecule has 1 aliphatic carbocycles. The second-order valence-electron chi connectivity index (χ2n) is 4.82. The highest BCUT2D eigenvalue weighted by Gasteiger charge is 2.77. The first-order chi connectivity index (χ1) is 9.50. The molecule has 0 N–H and O–H groups in total. The molecule has 21 heavy (non-hydrogen) atoms. The zero-order chi connectivity index (χ0) is 16.1. The van der Waals surface area contributed by atoms with Gasteiger partial charge in [0.15, 0.2) is 5.78 Å². The van der Waals surface area contributed by atoms with Crippen molar-refractivity contribution in [3.8, 4) is 0 Å². The first-order valence-electron chi connectivity index (χ1n) is 5.94. The SMILES string of the molecule is O=C1c2ccccc2CCC1C(F)(C(F)(F)F)C(F)(F)F. The van der Waals surface area contributed by atoms with Crippen molar-refractivity contribution >= 4 is 5.78 Å². The van der Waals surface area contributed by atoms with Gasteiger partial charge in [0.1, 0.15) is 0 Å². The largest absolute Gasteiger partial charge is 0.432 e. The van der Waals surface area contributed by atoms with Crippen LogP contribution in [0.15, 0.2) is 24.3 Å². The van der Waals surface area contributed by atoms with Crippen molar-refractivity contribution in [3.63, 3.8) is 0 Å². The molecule has 0 saturated heterocycles. The Kier molecular flexibility index (Phi) is 3.54. The lowest BCUT2D eigenvalue weighted by atomic mass is 9.73. The molecule has 2 rings (SSSR count). The van der Waals surface area contributed by atoms with Crippen LogP contribution in [-0.4, -0.2) is 23.8 Å². The van der Waals surface area contributed by atoms with Gasteiger partial charge in [-0.25, -0.2) is 4.39 Å². The van der Waals surface area contributed by atoms with Crippen LogP contribution in [0.4, 0.5) is 30.7 Å². The van der Waals surface area contributed by atoms with E-state index in [4.69, 9.17) is 0 Å². The van der Waals surface area contributed by atoms with Gasteiger partial charge in [0.2, 0.25) is 0 Å². The van der Waals surface area contributed by atoms with Crippen LogP contribution in [-0.2, 0) is 6.42 Å². The van der Waals surface area contributed by atoms with Crippen LogP contribution in [0, 0.1) is 5.92 Å². The quantitative estimate of drug-likeness (QED) is 0.708. The molecular weight excluding hydrogens is 305 g/mol. The molecule has 0 heterocycles.